The highest BCUT2D eigenvalue weighted by atomic mass is 32.2. The van der Waals surface area contributed by atoms with E-state index < -0.39 is 10.1 Å². The average molecular weight is 216 g/mol. The summed E-state index contributed by atoms with van der Waals surface area (Å²) in [5.41, 5.74) is 0.642. The van der Waals surface area contributed by atoms with Crippen LogP contribution in [0.15, 0.2) is 35.7 Å². The number of rotatable bonds is 2. The first-order valence-electron chi connectivity index (χ1n) is 3.42. The van der Waals surface area contributed by atoms with Gasteiger partial charge in [0.15, 0.2) is 0 Å². The standard InChI is InChI=1S/C8H8O3S2/c9-13(10,11)6-8(12)7-4-2-1-3-5-7/h1-6,12H,(H,9,10,11). The molecule has 1 aromatic rings. The minimum atomic E-state index is -4.11. The van der Waals surface area contributed by atoms with E-state index in [9.17, 15) is 8.42 Å². The zero-order valence-corrected chi connectivity index (χ0v) is 8.29. The number of hydrogen-bond acceptors (Lipinski definition) is 3. The molecule has 1 aromatic carbocycles. The summed E-state index contributed by atoms with van der Waals surface area (Å²) < 4.78 is 29.4. The Hall–Kier alpha value is -0.780. The van der Waals surface area contributed by atoms with Gasteiger partial charge in [-0.15, -0.1) is 12.6 Å². The maximum Gasteiger partial charge on any atom is 0.288 e. The van der Waals surface area contributed by atoms with Crippen molar-refractivity contribution in [3.05, 3.63) is 41.3 Å². The Bertz CT molecular complexity index is 406. The van der Waals surface area contributed by atoms with Crippen LogP contribution in [0, 0.1) is 0 Å². The highest BCUT2D eigenvalue weighted by Gasteiger charge is 2.02. The summed E-state index contributed by atoms with van der Waals surface area (Å²) in [7, 11) is -4.11. The van der Waals surface area contributed by atoms with E-state index in [2.05, 4.69) is 12.6 Å². The van der Waals surface area contributed by atoms with Crippen LogP contribution < -0.4 is 0 Å². The minimum absolute atomic E-state index is 0.211. The van der Waals surface area contributed by atoms with E-state index in [4.69, 9.17) is 4.55 Å². The SMILES string of the molecule is O=S(=O)(O)C=C(S)c1ccccc1. The van der Waals surface area contributed by atoms with Gasteiger partial charge in [0.1, 0.15) is 0 Å². The highest BCUT2D eigenvalue weighted by Crippen LogP contribution is 2.18. The van der Waals surface area contributed by atoms with Gasteiger partial charge in [0.25, 0.3) is 10.1 Å². The summed E-state index contributed by atoms with van der Waals surface area (Å²) >= 11 is 3.94. The van der Waals surface area contributed by atoms with Gasteiger partial charge >= 0.3 is 0 Å². The lowest BCUT2D eigenvalue weighted by atomic mass is 10.2. The lowest BCUT2D eigenvalue weighted by molar-refractivity contribution is 0.494. The maximum atomic E-state index is 10.4. The Kier molecular flexibility index (Phi) is 3.13. The molecule has 0 atom stereocenters. The second kappa shape index (κ2) is 3.95. The van der Waals surface area contributed by atoms with Gasteiger partial charge in [-0.3, -0.25) is 4.55 Å². The fraction of sp³-hybridized carbons (Fsp3) is 0. The van der Waals surface area contributed by atoms with Gasteiger partial charge in [-0.05, 0) is 5.56 Å². The van der Waals surface area contributed by atoms with Crippen LogP contribution in [-0.2, 0) is 10.1 Å². The molecule has 0 aliphatic carbocycles. The van der Waals surface area contributed by atoms with Crippen molar-refractivity contribution in [3.8, 4) is 0 Å². The van der Waals surface area contributed by atoms with E-state index in [1.165, 1.54) is 0 Å². The quantitative estimate of drug-likeness (QED) is 0.585. The molecule has 1 N–H and O–H groups in total. The predicted octanol–water partition coefficient (Wildman–Crippen LogP) is 1.80. The molecule has 70 valence electrons. The summed E-state index contributed by atoms with van der Waals surface area (Å²) in [6, 6.07) is 8.71. The van der Waals surface area contributed by atoms with Crippen molar-refractivity contribution >= 4 is 27.7 Å². The second-order valence-electron chi connectivity index (χ2n) is 2.38. The topological polar surface area (TPSA) is 54.4 Å². The molecular weight excluding hydrogens is 208 g/mol. The monoisotopic (exact) mass is 216 g/mol. The Balaban J connectivity index is 3.06. The van der Waals surface area contributed by atoms with E-state index >= 15 is 0 Å². The van der Waals surface area contributed by atoms with E-state index in [-0.39, 0.29) is 4.91 Å². The third-order valence-corrected chi connectivity index (χ3v) is 2.43. The molecule has 3 nitrogen and oxygen atoms in total. The van der Waals surface area contributed by atoms with Gasteiger partial charge in [0, 0.05) is 4.91 Å². The largest absolute Gasteiger partial charge is 0.288 e. The zero-order chi connectivity index (χ0) is 9.90. The predicted molar refractivity (Wildman–Crippen MR) is 55.0 cm³/mol. The maximum absolute atomic E-state index is 10.4. The lowest BCUT2D eigenvalue weighted by Gasteiger charge is -1.97. The third-order valence-electron chi connectivity index (χ3n) is 1.33. The van der Waals surface area contributed by atoms with Crippen LogP contribution in [0.2, 0.25) is 0 Å². The van der Waals surface area contributed by atoms with Crippen molar-refractivity contribution in [1.29, 1.82) is 0 Å². The van der Waals surface area contributed by atoms with Crippen LogP contribution in [-0.4, -0.2) is 13.0 Å². The number of hydrogen-bond donors (Lipinski definition) is 2. The highest BCUT2D eigenvalue weighted by molar-refractivity contribution is 7.94. The molecular formula is C8H8O3S2. The second-order valence-corrected chi connectivity index (χ2v) is 4.13. The van der Waals surface area contributed by atoms with Gasteiger partial charge in [0.05, 0.1) is 5.41 Å². The normalized spacial score (nSPS) is 12.9. The van der Waals surface area contributed by atoms with Crippen molar-refractivity contribution in [2.45, 2.75) is 0 Å². The van der Waals surface area contributed by atoms with Gasteiger partial charge < -0.3 is 0 Å². The smallest absolute Gasteiger partial charge is 0.282 e. The molecule has 0 unspecified atom stereocenters. The minimum Gasteiger partial charge on any atom is -0.282 e. The van der Waals surface area contributed by atoms with Crippen LogP contribution in [0.4, 0.5) is 0 Å². The Morgan fingerprint density at radius 3 is 2.31 bits per heavy atom. The first kappa shape index (κ1) is 10.3. The molecule has 0 bridgehead atoms. The van der Waals surface area contributed by atoms with Crippen molar-refractivity contribution in [1.82, 2.24) is 0 Å². The lowest BCUT2D eigenvalue weighted by Crippen LogP contribution is -1.91. The first-order valence-corrected chi connectivity index (χ1v) is 5.38. The van der Waals surface area contributed by atoms with E-state index in [1.54, 1.807) is 30.3 Å². The molecule has 0 fully saturated rings. The molecule has 0 aliphatic rings. The summed E-state index contributed by atoms with van der Waals surface area (Å²) in [4.78, 5) is 0.211. The van der Waals surface area contributed by atoms with Gasteiger partial charge in [-0.25, -0.2) is 0 Å². The molecule has 0 aliphatic heterocycles. The van der Waals surface area contributed by atoms with E-state index in [0.29, 0.717) is 11.0 Å². The van der Waals surface area contributed by atoms with E-state index in [1.807, 2.05) is 0 Å². The summed E-state index contributed by atoms with van der Waals surface area (Å²) in [5.74, 6) is 0. The molecule has 0 heterocycles. The molecule has 0 radical (unpaired) electrons. The fourth-order valence-electron chi connectivity index (χ4n) is 0.818. The molecule has 1 rings (SSSR count). The summed E-state index contributed by atoms with van der Waals surface area (Å²) in [5, 5.41) is 0.700. The average Bonchev–Trinajstić information content (AvgIpc) is 2.03. The number of thiol groups is 1. The molecule has 0 spiro atoms. The molecule has 0 amide bonds. The summed E-state index contributed by atoms with van der Waals surface area (Å²) in [6.07, 6.45) is 0. The van der Waals surface area contributed by atoms with E-state index in [0.717, 1.165) is 0 Å². The number of benzene rings is 1. The Morgan fingerprint density at radius 2 is 1.85 bits per heavy atom. The summed E-state index contributed by atoms with van der Waals surface area (Å²) in [6.45, 7) is 0. The van der Waals surface area contributed by atoms with Crippen LogP contribution in [0.25, 0.3) is 4.91 Å². The Morgan fingerprint density at radius 1 is 1.31 bits per heavy atom. The van der Waals surface area contributed by atoms with Crippen molar-refractivity contribution < 1.29 is 13.0 Å². The van der Waals surface area contributed by atoms with Crippen LogP contribution in [0.1, 0.15) is 5.56 Å². The molecule has 0 saturated heterocycles. The molecule has 0 saturated carbocycles. The molecule has 0 aromatic heterocycles. The molecule has 13 heavy (non-hydrogen) atoms. The van der Waals surface area contributed by atoms with Crippen molar-refractivity contribution in [3.63, 3.8) is 0 Å². The van der Waals surface area contributed by atoms with Gasteiger partial charge in [-0.1, -0.05) is 30.3 Å². The molecule has 5 heteroatoms. The first-order chi connectivity index (χ1) is 5.99. The third kappa shape index (κ3) is 3.63. The van der Waals surface area contributed by atoms with Crippen LogP contribution >= 0.6 is 12.6 Å². The van der Waals surface area contributed by atoms with Crippen molar-refractivity contribution in [2.24, 2.45) is 0 Å². The van der Waals surface area contributed by atoms with Gasteiger partial charge in [-0.2, -0.15) is 8.42 Å². The fourth-order valence-corrected chi connectivity index (χ4v) is 1.78. The van der Waals surface area contributed by atoms with Crippen LogP contribution in [0.3, 0.4) is 0 Å². The zero-order valence-electron chi connectivity index (χ0n) is 6.58. The van der Waals surface area contributed by atoms with Crippen molar-refractivity contribution in [2.75, 3.05) is 0 Å². The van der Waals surface area contributed by atoms with Crippen LogP contribution in [0.5, 0.6) is 0 Å². The van der Waals surface area contributed by atoms with Gasteiger partial charge in [0.2, 0.25) is 0 Å². The Labute approximate surface area is 82.3 Å².